The monoisotopic (exact) mass is 260 g/mol. The molecule has 0 fully saturated rings. The van der Waals surface area contributed by atoms with Gasteiger partial charge < -0.3 is 5.32 Å². The molecule has 0 unspecified atom stereocenters. The van der Waals surface area contributed by atoms with E-state index in [0.29, 0.717) is 6.54 Å². The lowest BCUT2D eigenvalue weighted by Gasteiger charge is -2.17. The molecule has 0 saturated carbocycles. The quantitative estimate of drug-likeness (QED) is 0.917. The van der Waals surface area contributed by atoms with Gasteiger partial charge in [-0.05, 0) is 25.3 Å². The molecule has 0 spiro atoms. The fourth-order valence-corrected chi connectivity index (χ4v) is 2.32. The number of nitrogens with zero attached hydrogens (tertiary/aromatic N) is 3. The molecule has 0 aliphatic rings. The summed E-state index contributed by atoms with van der Waals surface area (Å²) in [5.41, 5.74) is -0.403. The van der Waals surface area contributed by atoms with Gasteiger partial charge >= 0.3 is 0 Å². The van der Waals surface area contributed by atoms with E-state index in [9.17, 15) is 0 Å². The topological polar surface area (TPSA) is 61.6 Å². The number of anilines is 1. The van der Waals surface area contributed by atoms with Crippen molar-refractivity contribution in [1.29, 1.82) is 5.26 Å². The highest BCUT2D eigenvalue weighted by molar-refractivity contribution is 7.16. The third-order valence-corrected chi connectivity index (χ3v) is 3.49. The zero-order valence-electron chi connectivity index (χ0n) is 10.8. The minimum atomic E-state index is -0.403. The van der Waals surface area contributed by atoms with Crippen LogP contribution in [0.3, 0.4) is 0 Å². The van der Waals surface area contributed by atoms with E-state index in [1.54, 1.807) is 11.3 Å². The standard InChI is InChI=1S/C13H16N4S/c1-4-10-16-11(15-8-13(2,3)7-14)9-5-6-18-12(9)17-10/h5-6H,4,8H2,1-3H3,(H,15,16,17). The van der Waals surface area contributed by atoms with Gasteiger partial charge in [-0.1, -0.05) is 6.92 Å². The third-order valence-electron chi connectivity index (χ3n) is 2.69. The average molecular weight is 260 g/mol. The minimum absolute atomic E-state index is 0.403. The van der Waals surface area contributed by atoms with Crippen molar-refractivity contribution in [3.63, 3.8) is 0 Å². The van der Waals surface area contributed by atoms with Crippen molar-refractivity contribution in [3.05, 3.63) is 17.3 Å². The number of thiophene rings is 1. The van der Waals surface area contributed by atoms with E-state index < -0.39 is 5.41 Å². The van der Waals surface area contributed by atoms with Gasteiger partial charge in [0.15, 0.2) is 0 Å². The van der Waals surface area contributed by atoms with Gasteiger partial charge in [-0.3, -0.25) is 0 Å². The summed E-state index contributed by atoms with van der Waals surface area (Å²) in [5, 5.41) is 15.3. The lowest BCUT2D eigenvalue weighted by atomic mass is 9.96. The Labute approximate surface area is 111 Å². The van der Waals surface area contributed by atoms with Gasteiger partial charge in [-0.15, -0.1) is 11.3 Å². The van der Waals surface area contributed by atoms with Crippen LogP contribution in [0.2, 0.25) is 0 Å². The molecule has 4 nitrogen and oxygen atoms in total. The Kier molecular flexibility index (Phi) is 3.48. The maximum Gasteiger partial charge on any atom is 0.138 e. The summed E-state index contributed by atoms with van der Waals surface area (Å²) in [6.07, 6.45) is 0.810. The number of nitriles is 1. The van der Waals surface area contributed by atoms with Crippen LogP contribution in [0, 0.1) is 16.7 Å². The predicted molar refractivity (Wildman–Crippen MR) is 74.7 cm³/mol. The molecule has 0 amide bonds. The maximum atomic E-state index is 9.03. The number of aryl methyl sites for hydroxylation is 1. The first-order chi connectivity index (χ1) is 8.55. The first kappa shape index (κ1) is 12.8. The molecular formula is C13H16N4S. The van der Waals surface area contributed by atoms with Crippen LogP contribution < -0.4 is 5.32 Å². The molecule has 5 heteroatoms. The van der Waals surface area contributed by atoms with Crippen LogP contribution in [0.25, 0.3) is 10.2 Å². The molecule has 0 atom stereocenters. The number of nitrogens with one attached hydrogen (secondary N) is 1. The van der Waals surface area contributed by atoms with Crippen LogP contribution in [-0.4, -0.2) is 16.5 Å². The van der Waals surface area contributed by atoms with Crippen molar-refractivity contribution < 1.29 is 0 Å². The molecule has 0 aliphatic carbocycles. The van der Waals surface area contributed by atoms with Crippen LogP contribution in [0.1, 0.15) is 26.6 Å². The molecule has 0 saturated heterocycles. The molecule has 0 aromatic carbocycles. The van der Waals surface area contributed by atoms with Crippen molar-refractivity contribution >= 4 is 27.4 Å². The van der Waals surface area contributed by atoms with E-state index in [-0.39, 0.29) is 0 Å². The van der Waals surface area contributed by atoms with Gasteiger partial charge in [0.1, 0.15) is 16.5 Å². The first-order valence-corrected chi connectivity index (χ1v) is 6.83. The number of rotatable bonds is 4. The van der Waals surface area contributed by atoms with Crippen LogP contribution in [-0.2, 0) is 6.42 Å². The fourth-order valence-electron chi connectivity index (χ4n) is 1.54. The Morgan fingerprint density at radius 1 is 1.44 bits per heavy atom. The second-order valence-electron chi connectivity index (χ2n) is 4.83. The highest BCUT2D eigenvalue weighted by Gasteiger charge is 2.17. The molecule has 0 bridgehead atoms. The Balaban J connectivity index is 2.32. The number of fused-ring (bicyclic) bond motifs is 1. The average Bonchev–Trinajstić information content (AvgIpc) is 2.84. The molecule has 2 aromatic heterocycles. The van der Waals surface area contributed by atoms with E-state index in [1.165, 1.54) is 0 Å². The highest BCUT2D eigenvalue weighted by Crippen LogP contribution is 2.26. The third kappa shape index (κ3) is 2.59. The molecule has 2 heterocycles. The van der Waals surface area contributed by atoms with Gasteiger partial charge in [0, 0.05) is 13.0 Å². The van der Waals surface area contributed by atoms with Crippen molar-refractivity contribution in [2.45, 2.75) is 27.2 Å². The normalized spacial score (nSPS) is 11.4. The smallest absolute Gasteiger partial charge is 0.138 e. The van der Waals surface area contributed by atoms with Crippen molar-refractivity contribution in [1.82, 2.24) is 9.97 Å². The molecule has 1 N–H and O–H groups in total. The van der Waals surface area contributed by atoms with Crippen LogP contribution in [0.5, 0.6) is 0 Å². The lowest BCUT2D eigenvalue weighted by Crippen LogP contribution is -2.21. The van der Waals surface area contributed by atoms with E-state index in [4.69, 9.17) is 5.26 Å². The van der Waals surface area contributed by atoms with Gasteiger partial charge in [-0.2, -0.15) is 5.26 Å². The molecule has 94 valence electrons. The summed E-state index contributed by atoms with van der Waals surface area (Å²) in [6, 6.07) is 4.29. The summed E-state index contributed by atoms with van der Waals surface area (Å²) in [7, 11) is 0. The molecule has 2 aromatic rings. The van der Waals surface area contributed by atoms with Gasteiger partial charge in [-0.25, -0.2) is 9.97 Å². The summed E-state index contributed by atoms with van der Waals surface area (Å²) in [6.45, 7) is 6.44. The molecule has 0 aliphatic heterocycles. The van der Waals surface area contributed by atoms with Gasteiger partial charge in [0.2, 0.25) is 0 Å². The summed E-state index contributed by atoms with van der Waals surface area (Å²) < 4.78 is 0. The molecule has 18 heavy (non-hydrogen) atoms. The number of hydrogen-bond acceptors (Lipinski definition) is 5. The van der Waals surface area contributed by atoms with Crippen molar-refractivity contribution in [2.24, 2.45) is 5.41 Å². The van der Waals surface area contributed by atoms with Crippen LogP contribution in [0.15, 0.2) is 11.4 Å². The Morgan fingerprint density at radius 2 is 2.22 bits per heavy atom. The maximum absolute atomic E-state index is 9.03. The second-order valence-corrected chi connectivity index (χ2v) is 5.73. The van der Waals surface area contributed by atoms with Crippen LogP contribution >= 0.6 is 11.3 Å². The second kappa shape index (κ2) is 4.91. The van der Waals surface area contributed by atoms with Crippen molar-refractivity contribution in [3.8, 4) is 6.07 Å². The Morgan fingerprint density at radius 3 is 2.89 bits per heavy atom. The minimum Gasteiger partial charge on any atom is -0.368 e. The summed E-state index contributed by atoms with van der Waals surface area (Å²) in [5.74, 6) is 1.67. The summed E-state index contributed by atoms with van der Waals surface area (Å²) >= 11 is 1.61. The number of hydrogen-bond donors (Lipinski definition) is 1. The van der Waals surface area contributed by atoms with Gasteiger partial charge in [0.25, 0.3) is 0 Å². The predicted octanol–water partition coefficient (Wildman–Crippen LogP) is 3.22. The zero-order chi connectivity index (χ0) is 13.2. The van der Waals surface area contributed by atoms with E-state index >= 15 is 0 Å². The first-order valence-electron chi connectivity index (χ1n) is 5.95. The van der Waals surface area contributed by atoms with E-state index in [1.807, 2.05) is 32.2 Å². The Hall–Kier alpha value is -1.67. The molecular weight excluding hydrogens is 244 g/mol. The highest BCUT2D eigenvalue weighted by atomic mass is 32.1. The SMILES string of the molecule is CCc1nc(NCC(C)(C)C#N)c2ccsc2n1. The fraction of sp³-hybridized carbons (Fsp3) is 0.462. The van der Waals surface area contributed by atoms with Crippen LogP contribution in [0.4, 0.5) is 5.82 Å². The molecule has 0 radical (unpaired) electrons. The van der Waals surface area contributed by atoms with E-state index in [0.717, 1.165) is 28.3 Å². The summed E-state index contributed by atoms with van der Waals surface area (Å²) in [4.78, 5) is 9.98. The molecule has 2 rings (SSSR count). The largest absolute Gasteiger partial charge is 0.368 e. The van der Waals surface area contributed by atoms with Crippen molar-refractivity contribution in [2.75, 3.05) is 11.9 Å². The number of aromatic nitrogens is 2. The van der Waals surface area contributed by atoms with E-state index in [2.05, 4.69) is 21.4 Å². The lowest BCUT2D eigenvalue weighted by molar-refractivity contribution is 0.528. The van der Waals surface area contributed by atoms with Gasteiger partial charge in [0.05, 0.1) is 16.9 Å². The Bertz CT molecular complexity index is 595. The zero-order valence-corrected chi connectivity index (χ0v) is 11.6.